The van der Waals surface area contributed by atoms with Crippen molar-refractivity contribution in [1.29, 1.82) is 0 Å². The second kappa shape index (κ2) is 7.88. The summed E-state index contributed by atoms with van der Waals surface area (Å²) in [7, 11) is 0. The van der Waals surface area contributed by atoms with Crippen molar-refractivity contribution in [2.24, 2.45) is 11.7 Å². The van der Waals surface area contributed by atoms with Gasteiger partial charge in [0.25, 0.3) is 0 Å². The number of nitrogens with zero attached hydrogens (tertiary/aromatic N) is 1. The average molecular weight is 354 g/mol. The fourth-order valence-corrected chi connectivity index (χ4v) is 3.37. The molecule has 0 spiro atoms. The fourth-order valence-electron chi connectivity index (χ4n) is 2.42. The molecule has 2 atom stereocenters. The van der Waals surface area contributed by atoms with Crippen molar-refractivity contribution in [3.8, 4) is 0 Å². The number of hydrogen-bond donors (Lipinski definition) is 2. The number of aromatic nitrogens is 1. The van der Waals surface area contributed by atoms with Crippen molar-refractivity contribution in [3.05, 3.63) is 46.5 Å². The lowest BCUT2D eigenvalue weighted by atomic mass is 9.95. The molecule has 2 unspecified atom stereocenters. The third-order valence-electron chi connectivity index (χ3n) is 3.86. The Morgan fingerprint density at radius 1 is 1.39 bits per heavy atom. The van der Waals surface area contributed by atoms with Crippen LogP contribution in [0.5, 0.6) is 0 Å². The van der Waals surface area contributed by atoms with Gasteiger partial charge in [0.2, 0.25) is 5.91 Å². The number of benzene rings is 1. The van der Waals surface area contributed by atoms with Crippen LogP contribution >= 0.6 is 23.7 Å². The summed E-state index contributed by atoms with van der Waals surface area (Å²) in [6, 6.07) is 9.33. The topological polar surface area (TPSA) is 77.2 Å². The monoisotopic (exact) mass is 353 g/mol. The summed E-state index contributed by atoms with van der Waals surface area (Å²) in [5.41, 5.74) is 8.18. The number of amides is 1. The molecule has 3 rings (SSSR count). The Kier molecular flexibility index (Phi) is 6.12. The first-order chi connectivity index (χ1) is 10.6. The lowest BCUT2D eigenvalue weighted by molar-refractivity contribution is -0.120. The Balaban J connectivity index is 0.00000192. The van der Waals surface area contributed by atoms with Gasteiger partial charge in [-0.05, 0) is 5.56 Å². The van der Waals surface area contributed by atoms with E-state index in [1.54, 1.807) is 0 Å². The first kappa shape index (κ1) is 17.9. The SMILES string of the molecule is CC(C(=O)Nc1nc2c(s1)COCC2)C(N)c1ccccc1.Cl. The number of halogens is 1. The van der Waals surface area contributed by atoms with E-state index < -0.39 is 0 Å². The third kappa shape index (κ3) is 4.09. The predicted molar refractivity (Wildman–Crippen MR) is 93.9 cm³/mol. The fraction of sp³-hybridized carbons (Fsp3) is 0.375. The van der Waals surface area contributed by atoms with Crippen molar-refractivity contribution in [3.63, 3.8) is 0 Å². The van der Waals surface area contributed by atoms with Crippen molar-refractivity contribution in [1.82, 2.24) is 4.98 Å². The molecule has 0 radical (unpaired) electrons. The van der Waals surface area contributed by atoms with E-state index in [1.165, 1.54) is 11.3 Å². The van der Waals surface area contributed by atoms with Crippen LogP contribution in [0.2, 0.25) is 0 Å². The number of carbonyl (C=O) groups excluding carboxylic acids is 1. The minimum Gasteiger partial charge on any atom is -0.375 e. The van der Waals surface area contributed by atoms with Gasteiger partial charge in [0.1, 0.15) is 0 Å². The molecule has 23 heavy (non-hydrogen) atoms. The molecule has 2 heterocycles. The van der Waals surface area contributed by atoms with Crippen molar-refractivity contribution in [2.45, 2.75) is 26.0 Å². The number of nitrogens with one attached hydrogen (secondary N) is 1. The molecule has 7 heteroatoms. The molecule has 0 saturated heterocycles. The maximum Gasteiger partial charge on any atom is 0.230 e. The van der Waals surface area contributed by atoms with Gasteiger partial charge in [0.05, 0.1) is 29.7 Å². The highest BCUT2D eigenvalue weighted by Gasteiger charge is 2.24. The van der Waals surface area contributed by atoms with Crippen LogP contribution in [-0.2, 0) is 22.6 Å². The Bertz CT molecular complexity index is 639. The molecule has 0 aliphatic carbocycles. The van der Waals surface area contributed by atoms with Crippen molar-refractivity contribution in [2.75, 3.05) is 11.9 Å². The summed E-state index contributed by atoms with van der Waals surface area (Å²) in [5.74, 6) is -0.442. The number of rotatable bonds is 4. The minimum absolute atomic E-state index is 0. The molecular formula is C16H20ClN3O2S. The summed E-state index contributed by atoms with van der Waals surface area (Å²) in [6.45, 7) is 3.12. The minimum atomic E-state index is -0.334. The number of thiazole rings is 1. The van der Waals surface area contributed by atoms with Crippen molar-refractivity contribution < 1.29 is 9.53 Å². The van der Waals surface area contributed by atoms with Crippen LogP contribution in [0.1, 0.15) is 29.1 Å². The molecule has 1 amide bonds. The zero-order valence-electron chi connectivity index (χ0n) is 12.8. The Labute approximate surface area is 145 Å². The first-order valence-electron chi connectivity index (χ1n) is 7.33. The summed E-state index contributed by atoms with van der Waals surface area (Å²) < 4.78 is 5.40. The average Bonchev–Trinajstić information content (AvgIpc) is 2.96. The molecule has 0 bridgehead atoms. The number of anilines is 1. The van der Waals surface area contributed by atoms with E-state index in [0.29, 0.717) is 18.3 Å². The van der Waals surface area contributed by atoms with Crippen LogP contribution in [0, 0.1) is 5.92 Å². The third-order valence-corrected chi connectivity index (χ3v) is 4.85. The van der Waals surface area contributed by atoms with E-state index in [-0.39, 0.29) is 30.3 Å². The van der Waals surface area contributed by atoms with Gasteiger partial charge < -0.3 is 15.8 Å². The van der Waals surface area contributed by atoms with Crippen molar-refractivity contribution >= 4 is 34.8 Å². The Morgan fingerprint density at radius 2 is 2.13 bits per heavy atom. The van der Waals surface area contributed by atoms with Gasteiger partial charge >= 0.3 is 0 Å². The summed E-state index contributed by atoms with van der Waals surface area (Å²) in [6.07, 6.45) is 0.806. The standard InChI is InChI=1S/C16H19N3O2S.ClH/c1-10(14(17)11-5-3-2-4-6-11)15(20)19-16-18-12-7-8-21-9-13(12)22-16;/h2-6,10,14H,7-9,17H2,1H3,(H,18,19,20);1H. The lowest BCUT2D eigenvalue weighted by Gasteiger charge is -2.19. The summed E-state index contributed by atoms with van der Waals surface area (Å²) in [4.78, 5) is 18.0. The molecule has 1 aliphatic heterocycles. The van der Waals surface area contributed by atoms with E-state index in [1.807, 2.05) is 37.3 Å². The Morgan fingerprint density at radius 3 is 2.83 bits per heavy atom. The number of nitrogens with two attached hydrogens (primary N) is 1. The zero-order chi connectivity index (χ0) is 15.5. The second-order valence-corrected chi connectivity index (χ2v) is 6.49. The summed E-state index contributed by atoms with van der Waals surface area (Å²) >= 11 is 1.48. The largest absolute Gasteiger partial charge is 0.375 e. The van der Waals surface area contributed by atoms with Crippen LogP contribution in [0.3, 0.4) is 0 Å². The van der Waals surface area contributed by atoms with Crippen LogP contribution < -0.4 is 11.1 Å². The number of ether oxygens (including phenoxy) is 1. The highest BCUT2D eigenvalue weighted by molar-refractivity contribution is 7.15. The Hall–Kier alpha value is -1.47. The lowest BCUT2D eigenvalue weighted by Crippen LogP contribution is -2.30. The molecule has 2 aromatic rings. The molecular weight excluding hydrogens is 334 g/mol. The van der Waals surface area contributed by atoms with Crippen LogP contribution in [0.15, 0.2) is 30.3 Å². The number of hydrogen-bond acceptors (Lipinski definition) is 5. The van der Waals surface area contributed by atoms with E-state index in [4.69, 9.17) is 10.5 Å². The molecule has 124 valence electrons. The number of fused-ring (bicyclic) bond motifs is 1. The van der Waals surface area contributed by atoms with E-state index >= 15 is 0 Å². The second-order valence-electron chi connectivity index (χ2n) is 5.41. The van der Waals surface area contributed by atoms with E-state index in [0.717, 1.165) is 22.6 Å². The highest BCUT2D eigenvalue weighted by atomic mass is 35.5. The summed E-state index contributed by atoms with van der Waals surface area (Å²) in [5, 5.41) is 3.51. The van der Waals surface area contributed by atoms with Gasteiger partial charge in [0.15, 0.2) is 5.13 Å². The number of carbonyl (C=O) groups is 1. The maximum absolute atomic E-state index is 12.4. The van der Waals surface area contributed by atoms with Gasteiger partial charge in [-0.25, -0.2) is 4.98 Å². The molecule has 1 aromatic heterocycles. The predicted octanol–water partition coefficient (Wildman–Crippen LogP) is 2.91. The maximum atomic E-state index is 12.4. The molecule has 3 N–H and O–H groups in total. The van der Waals surface area contributed by atoms with Crippen LogP contribution in [-0.4, -0.2) is 17.5 Å². The smallest absolute Gasteiger partial charge is 0.230 e. The molecule has 5 nitrogen and oxygen atoms in total. The molecule has 0 fully saturated rings. The quantitative estimate of drug-likeness (QED) is 0.886. The van der Waals surface area contributed by atoms with Crippen LogP contribution in [0.25, 0.3) is 0 Å². The molecule has 1 aromatic carbocycles. The van der Waals surface area contributed by atoms with E-state index in [9.17, 15) is 4.79 Å². The first-order valence-corrected chi connectivity index (χ1v) is 8.14. The normalized spacial score (nSPS) is 15.9. The van der Waals surface area contributed by atoms with Gasteiger partial charge in [-0.15, -0.1) is 12.4 Å². The zero-order valence-corrected chi connectivity index (χ0v) is 14.5. The van der Waals surface area contributed by atoms with E-state index in [2.05, 4.69) is 10.3 Å². The highest BCUT2D eigenvalue weighted by Crippen LogP contribution is 2.28. The van der Waals surface area contributed by atoms with Gasteiger partial charge in [-0.2, -0.15) is 0 Å². The molecule has 1 aliphatic rings. The van der Waals surface area contributed by atoms with Gasteiger partial charge in [0, 0.05) is 12.5 Å². The molecule has 0 saturated carbocycles. The van der Waals surface area contributed by atoms with Gasteiger partial charge in [-0.1, -0.05) is 48.6 Å². The van der Waals surface area contributed by atoms with Crippen LogP contribution in [0.4, 0.5) is 5.13 Å². The van der Waals surface area contributed by atoms with Gasteiger partial charge in [-0.3, -0.25) is 4.79 Å².